The second-order valence-corrected chi connectivity index (χ2v) is 4.97. The van der Waals surface area contributed by atoms with Gasteiger partial charge in [-0.2, -0.15) is 0 Å². The summed E-state index contributed by atoms with van der Waals surface area (Å²) in [6.45, 7) is 0.671. The van der Waals surface area contributed by atoms with Crippen LogP contribution in [-0.4, -0.2) is 33.1 Å². The van der Waals surface area contributed by atoms with Gasteiger partial charge in [0.05, 0.1) is 21.9 Å². The molecule has 1 amide bonds. The van der Waals surface area contributed by atoms with Crippen LogP contribution in [-0.2, 0) is 6.54 Å². The Morgan fingerprint density at radius 2 is 1.95 bits per heavy atom. The molecule has 0 aliphatic carbocycles. The molecule has 0 spiro atoms. The fourth-order valence-corrected chi connectivity index (χ4v) is 2.26. The number of rotatable bonds is 5. The minimum atomic E-state index is -1.10. The second-order valence-electron chi connectivity index (χ2n) is 4.15. The number of aromatic nitrogens is 2. The fraction of sp³-hybridized carbons (Fsp3) is 0.154. The van der Waals surface area contributed by atoms with Gasteiger partial charge in [0.15, 0.2) is 5.69 Å². The van der Waals surface area contributed by atoms with E-state index >= 15 is 0 Å². The number of carboxylic acid groups (broad SMARTS) is 1. The average Bonchev–Trinajstić information content (AvgIpc) is 2.87. The van der Waals surface area contributed by atoms with Gasteiger partial charge in [0.25, 0.3) is 5.91 Å². The van der Waals surface area contributed by atoms with E-state index in [9.17, 15) is 9.59 Å². The van der Waals surface area contributed by atoms with E-state index in [-0.39, 0.29) is 33.8 Å². The van der Waals surface area contributed by atoms with Gasteiger partial charge in [0.2, 0.25) is 0 Å². The molecule has 1 aromatic carbocycles. The predicted octanol–water partition coefficient (Wildman–Crippen LogP) is 2.32. The van der Waals surface area contributed by atoms with E-state index in [2.05, 4.69) is 10.3 Å². The lowest BCUT2D eigenvalue weighted by atomic mass is 10.2. The number of amides is 1. The number of halogens is 2. The quantitative estimate of drug-likeness (QED) is 0.882. The van der Waals surface area contributed by atoms with Crippen molar-refractivity contribution in [1.82, 2.24) is 14.9 Å². The van der Waals surface area contributed by atoms with Crippen molar-refractivity contribution < 1.29 is 14.7 Å². The molecular formula is C13H11Cl2N3O3. The molecule has 2 rings (SSSR count). The number of hydrogen-bond acceptors (Lipinski definition) is 3. The number of aromatic carboxylic acids is 1. The fourth-order valence-electron chi connectivity index (χ4n) is 1.69. The predicted molar refractivity (Wildman–Crippen MR) is 78.0 cm³/mol. The molecule has 21 heavy (non-hydrogen) atoms. The number of carbonyl (C=O) groups excluding carboxylic acids is 1. The third kappa shape index (κ3) is 3.74. The number of carbonyl (C=O) groups is 2. The maximum Gasteiger partial charge on any atom is 0.356 e. The Hall–Kier alpha value is -2.05. The summed E-state index contributed by atoms with van der Waals surface area (Å²) >= 11 is 11.9. The monoisotopic (exact) mass is 327 g/mol. The molecule has 0 bridgehead atoms. The highest BCUT2D eigenvalue weighted by molar-refractivity contribution is 6.39. The Balaban J connectivity index is 1.94. The molecule has 6 nitrogen and oxygen atoms in total. The topological polar surface area (TPSA) is 84.2 Å². The van der Waals surface area contributed by atoms with Crippen LogP contribution in [0.5, 0.6) is 0 Å². The molecule has 0 fully saturated rings. The van der Waals surface area contributed by atoms with Crippen LogP contribution >= 0.6 is 23.2 Å². The minimum absolute atomic E-state index is 0.0459. The smallest absolute Gasteiger partial charge is 0.356 e. The maximum absolute atomic E-state index is 12.0. The van der Waals surface area contributed by atoms with Crippen molar-refractivity contribution in [2.75, 3.05) is 6.54 Å². The Morgan fingerprint density at radius 1 is 1.29 bits per heavy atom. The van der Waals surface area contributed by atoms with Gasteiger partial charge in [-0.05, 0) is 12.1 Å². The summed E-state index contributed by atoms with van der Waals surface area (Å²) in [6, 6.07) is 4.81. The van der Waals surface area contributed by atoms with E-state index in [1.165, 1.54) is 12.5 Å². The van der Waals surface area contributed by atoms with Crippen LogP contribution in [0.25, 0.3) is 0 Å². The molecular weight excluding hydrogens is 317 g/mol. The number of hydrogen-bond donors (Lipinski definition) is 2. The van der Waals surface area contributed by atoms with Crippen molar-refractivity contribution in [1.29, 1.82) is 0 Å². The second kappa shape index (κ2) is 6.60. The summed E-state index contributed by atoms with van der Waals surface area (Å²) in [4.78, 5) is 26.4. The van der Waals surface area contributed by atoms with E-state index in [0.29, 0.717) is 6.54 Å². The minimum Gasteiger partial charge on any atom is -0.476 e. The average molecular weight is 328 g/mol. The highest BCUT2D eigenvalue weighted by Gasteiger charge is 2.14. The first-order valence-electron chi connectivity index (χ1n) is 5.96. The van der Waals surface area contributed by atoms with E-state index < -0.39 is 5.97 Å². The van der Waals surface area contributed by atoms with Crippen LogP contribution in [0.15, 0.2) is 30.7 Å². The van der Waals surface area contributed by atoms with Gasteiger partial charge < -0.3 is 15.0 Å². The molecule has 8 heteroatoms. The number of nitrogens with one attached hydrogen (secondary N) is 1. The summed E-state index contributed by atoms with van der Waals surface area (Å²) in [5.41, 5.74) is 0.174. The Labute approximate surface area is 130 Å². The van der Waals surface area contributed by atoms with Gasteiger partial charge in [0, 0.05) is 19.3 Å². The normalized spacial score (nSPS) is 10.4. The highest BCUT2D eigenvalue weighted by atomic mass is 35.5. The zero-order valence-corrected chi connectivity index (χ0v) is 12.2. The van der Waals surface area contributed by atoms with Gasteiger partial charge in [0.1, 0.15) is 0 Å². The zero-order valence-electron chi connectivity index (χ0n) is 10.7. The van der Waals surface area contributed by atoms with E-state index in [1.807, 2.05) is 0 Å². The highest BCUT2D eigenvalue weighted by Crippen LogP contribution is 2.23. The number of imidazole rings is 1. The summed E-state index contributed by atoms with van der Waals surface area (Å²) in [5, 5.41) is 12.0. The Morgan fingerprint density at radius 3 is 2.52 bits per heavy atom. The molecule has 0 unspecified atom stereocenters. The van der Waals surface area contributed by atoms with Crippen LogP contribution in [0.4, 0.5) is 0 Å². The first-order chi connectivity index (χ1) is 9.99. The van der Waals surface area contributed by atoms with Crippen molar-refractivity contribution in [3.63, 3.8) is 0 Å². The number of carboxylic acids is 1. The molecule has 0 atom stereocenters. The van der Waals surface area contributed by atoms with Crippen molar-refractivity contribution in [3.8, 4) is 0 Å². The largest absolute Gasteiger partial charge is 0.476 e. The van der Waals surface area contributed by atoms with E-state index in [0.717, 1.165) is 0 Å². The third-order valence-electron chi connectivity index (χ3n) is 2.70. The maximum atomic E-state index is 12.0. The SMILES string of the molecule is O=C(O)c1cn(CCNC(=O)c2c(Cl)cccc2Cl)cn1. The van der Waals surface area contributed by atoms with Crippen molar-refractivity contribution in [2.24, 2.45) is 0 Å². The lowest BCUT2D eigenvalue weighted by molar-refractivity contribution is 0.0690. The molecule has 1 heterocycles. The lowest BCUT2D eigenvalue weighted by Crippen LogP contribution is -2.27. The summed E-state index contributed by atoms with van der Waals surface area (Å²) < 4.78 is 1.57. The number of nitrogens with zero attached hydrogens (tertiary/aromatic N) is 2. The summed E-state index contributed by atoms with van der Waals surface area (Å²) in [6.07, 6.45) is 2.77. The summed E-state index contributed by atoms with van der Waals surface area (Å²) in [5.74, 6) is -1.48. The van der Waals surface area contributed by atoms with Crippen LogP contribution in [0, 0.1) is 0 Å². The molecule has 2 aromatic rings. The Kier molecular flexibility index (Phi) is 4.82. The zero-order chi connectivity index (χ0) is 15.4. The molecule has 110 valence electrons. The van der Waals surface area contributed by atoms with Crippen LogP contribution in [0.2, 0.25) is 10.0 Å². The van der Waals surface area contributed by atoms with Crippen molar-refractivity contribution >= 4 is 35.1 Å². The molecule has 0 saturated carbocycles. The lowest BCUT2D eigenvalue weighted by Gasteiger charge is -2.08. The van der Waals surface area contributed by atoms with E-state index in [1.54, 1.807) is 22.8 Å². The molecule has 0 aliphatic heterocycles. The van der Waals surface area contributed by atoms with Crippen molar-refractivity contribution in [2.45, 2.75) is 6.54 Å². The third-order valence-corrected chi connectivity index (χ3v) is 3.33. The van der Waals surface area contributed by atoms with Gasteiger partial charge in [-0.15, -0.1) is 0 Å². The molecule has 0 saturated heterocycles. The Bertz CT molecular complexity index is 665. The molecule has 0 aliphatic rings. The van der Waals surface area contributed by atoms with Crippen LogP contribution in [0.1, 0.15) is 20.8 Å². The standard InChI is InChI=1S/C13H11Cl2N3O3/c14-8-2-1-3-9(15)11(8)12(19)16-4-5-18-6-10(13(20)21)17-7-18/h1-3,6-7H,4-5H2,(H,16,19)(H,20,21). The van der Waals surface area contributed by atoms with Crippen LogP contribution < -0.4 is 5.32 Å². The molecule has 1 aromatic heterocycles. The van der Waals surface area contributed by atoms with Gasteiger partial charge in [-0.3, -0.25) is 4.79 Å². The van der Waals surface area contributed by atoms with Gasteiger partial charge in [-0.25, -0.2) is 9.78 Å². The first kappa shape index (κ1) is 15.3. The molecule has 2 N–H and O–H groups in total. The van der Waals surface area contributed by atoms with Crippen molar-refractivity contribution in [3.05, 3.63) is 52.0 Å². The first-order valence-corrected chi connectivity index (χ1v) is 6.72. The number of benzene rings is 1. The van der Waals surface area contributed by atoms with Gasteiger partial charge in [-0.1, -0.05) is 29.3 Å². The summed E-state index contributed by atoms with van der Waals surface area (Å²) in [7, 11) is 0. The van der Waals surface area contributed by atoms with Crippen LogP contribution in [0.3, 0.4) is 0 Å². The van der Waals surface area contributed by atoms with Gasteiger partial charge >= 0.3 is 5.97 Å². The van der Waals surface area contributed by atoms with E-state index in [4.69, 9.17) is 28.3 Å². The molecule has 0 radical (unpaired) electrons.